The Morgan fingerprint density at radius 1 is 0.902 bits per heavy atom. The molecule has 0 aliphatic carbocycles. The lowest BCUT2D eigenvalue weighted by Gasteiger charge is -2.24. The highest BCUT2D eigenvalue weighted by Gasteiger charge is 2.27. The third kappa shape index (κ3) is 11.0. The van der Waals surface area contributed by atoms with Gasteiger partial charge < -0.3 is 20.7 Å². The first-order valence-corrected chi connectivity index (χ1v) is 14.1. The van der Waals surface area contributed by atoms with E-state index in [9.17, 15) is 28.8 Å². The van der Waals surface area contributed by atoms with Gasteiger partial charge in [0, 0.05) is 30.8 Å². The summed E-state index contributed by atoms with van der Waals surface area (Å²) >= 11 is 4.18. The fraction of sp³-hybridized carbons (Fsp3) is 0.517. The first kappa shape index (κ1) is 33.5. The van der Waals surface area contributed by atoms with Gasteiger partial charge in [-0.3, -0.25) is 33.7 Å². The molecule has 0 fully saturated rings. The van der Waals surface area contributed by atoms with Crippen molar-refractivity contribution < 1.29 is 33.5 Å². The van der Waals surface area contributed by atoms with E-state index in [0.717, 1.165) is 10.5 Å². The first-order valence-electron chi connectivity index (χ1n) is 13.6. The summed E-state index contributed by atoms with van der Waals surface area (Å²) in [6, 6.07) is 5.06. The Hall–Kier alpha value is -3.67. The van der Waals surface area contributed by atoms with Crippen LogP contribution in [0.15, 0.2) is 36.4 Å². The molecule has 1 heterocycles. The van der Waals surface area contributed by atoms with Crippen molar-refractivity contribution in [1.82, 2.24) is 15.5 Å². The van der Waals surface area contributed by atoms with Gasteiger partial charge in [0.1, 0.15) is 23.4 Å². The summed E-state index contributed by atoms with van der Waals surface area (Å²) < 4.78 is 4.32. The van der Waals surface area contributed by atoms with Crippen LogP contribution in [0.2, 0.25) is 0 Å². The average Bonchev–Trinajstić information content (AvgIpc) is 3.22. The van der Waals surface area contributed by atoms with Gasteiger partial charge in [-0.15, -0.1) is 0 Å². The fourth-order valence-corrected chi connectivity index (χ4v) is 3.86. The quantitative estimate of drug-likeness (QED) is 0.106. The summed E-state index contributed by atoms with van der Waals surface area (Å²) in [6.07, 6.45) is 4.42. The lowest BCUT2D eigenvalue weighted by Crippen LogP contribution is -2.53. The number of unbranched alkanes of at least 4 members (excludes halogenated alkanes) is 2. The molecule has 1 aromatic rings. The second kappa shape index (κ2) is 15.4. The second-order valence-corrected chi connectivity index (χ2v) is 11.9. The van der Waals surface area contributed by atoms with Crippen molar-refractivity contribution in [1.29, 1.82) is 0 Å². The van der Waals surface area contributed by atoms with Gasteiger partial charge in [-0.2, -0.15) is 12.6 Å². The molecule has 2 atom stereocenters. The van der Waals surface area contributed by atoms with Gasteiger partial charge >= 0.3 is 5.97 Å². The first-order chi connectivity index (χ1) is 19.2. The third-order valence-corrected chi connectivity index (χ3v) is 6.48. The van der Waals surface area contributed by atoms with E-state index in [2.05, 4.69) is 28.6 Å². The summed E-state index contributed by atoms with van der Waals surface area (Å²) in [5, 5.41) is 8.12. The molecule has 0 bridgehead atoms. The third-order valence-electron chi connectivity index (χ3n) is 6.29. The molecule has 0 aromatic heterocycles. The summed E-state index contributed by atoms with van der Waals surface area (Å²) in [6.45, 7) is 8.80. The predicted octanol–water partition coefficient (Wildman–Crippen LogP) is 2.51. The van der Waals surface area contributed by atoms with Gasteiger partial charge in [0.05, 0.1) is 0 Å². The molecule has 11 nitrogen and oxygen atoms in total. The normalized spacial score (nSPS) is 14.6. The maximum atomic E-state index is 12.9. The van der Waals surface area contributed by atoms with Crippen molar-refractivity contribution in [2.45, 2.75) is 83.7 Å². The van der Waals surface area contributed by atoms with Crippen LogP contribution in [0, 0.1) is 5.92 Å². The van der Waals surface area contributed by atoms with Crippen LogP contribution in [0.5, 0.6) is 0 Å². The number of amides is 5. The van der Waals surface area contributed by atoms with E-state index in [4.69, 9.17) is 4.74 Å². The number of nitrogens with one attached hydrogen (secondary N) is 3. The number of benzene rings is 1. The number of ether oxygens (including phenoxy) is 1. The van der Waals surface area contributed by atoms with Crippen molar-refractivity contribution in [3.05, 3.63) is 42.0 Å². The van der Waals surface area contributed by atoms with Crippen LogP contribution in [0.4, 0.5) is 5.69 Å². The lowest BCUT2D eigenvalue weighted by atomic mass is 10.0. The topological polar surface area (TPSA) is 151 Å². The van der Waals surface area contributed by atoms with Crippen molar-refractivity contribution in [2.24, 2.45) is 5.92 Å². The molecule has 1 aromatic carbocycles. The van der Waals surface area contributed by atoms with Crippen LogP contribution in [0.25, 0.3) is 0 Å². The van der Waals surface area contributed by atoms with Crippen LogP contribution in [0.1, 0.15) is 65.9 Å². The Kier molecular flexibility index (Phi) is 12.6. The van der Waals surface area contributed by atoms with E-state index in [1.807, 2.05) is 0 Å². The molecule has 0 radical (unpaired) electrons. The molecule has 0 unspecified atom stereocenters. The number of rotatable bonds is 15. The number of thiol groups is 1. The SMILES string of the molecule is CC(C)[C@@H](NC(=O)CCCCCN1C(=O)C=CC1=O)C(=O)N[C@H](C)C(=O)Nc1ccc(COC(=O)C(C)(C)S)cc1. The van der Waals surface area contributed by atoms with E-state index in [1.54, 1.807) is 58.9 Å². The van der Waals surface area contributed by atoms with E-state index in [0.29, 0.717) is 31.5 Å². The molecule has 5 amide bonds. The number of esters is 1. The molecule has 0 saturated carbocycles. The predicted molar refractivity (Wildman–Crippen MR) is 157 cm³/mol. The van der Waals surface area contributed by atoms with Crippen molar-refractivity contribution in [3.63, 3.8) is 0 Å². The zero-order valence-corrected chi connectivity index (χ0v) is 25.1. The summed E-state index contributed by atoms with van der Waals surface area (Å²) in [5.74, 6) is -2.52. The highest BCUT2D eigenvalue weighted by Crippen LogP contribution is 2.16. The Bertz CT molecular complexity index is 1140. The molecule has 0 spiro atoms. The van der Waals surface area contributed by atoms with Gasteiger partial charge in [-0.25, -0.2) is 0 Å². The Morgan fingerprint density at radius 2 is 1.51 bits per heavy atom. The van der Waals surface area contributed by atoms with E-state index < -0.39 is 34.6 Å². The summed E-state index contributed by atoms with van der Waals surface area (Å²) in [4.78, 5) is 74.2. The minimum Gasteiger partial charge on any atom is -0.460 e. The Balaban J connectivity index is 1.76. The molecule has 1 aliphatic rings. The molecule has 2 rings (SSSR count). The lowest BCUT2D eigenvalue weighted by molar-refractivity contribution is -0.147. The van der Waals surface area contributed by atoms with Crippen molar-refractivity contribution >= 4 is 53.8 Å². The smallest absolute Gasteiger partial charge is 0.321 e. The van der Waals surface area contributed by atoms with Crippen molar-refractivity contribution in [3.8, 4) is 0 Å². The van der Waals surface area contributed by atoms with Crippen LogP contribution < -0.4 is 16.0 Å². The number of hydrogen-bond donors (Lipinski definition) is 4. The molecular weight excluding hydrogens is 548 g/mol. The number of carbonyl (C=O) groups excluding carboxylic acids is 6. The largest absolute Gasteiger partial charge is 0.460 e. The minimum atomic E-state index is -0.899. The van der Waals surface area contributed by atoms with Crippen LogP contribution in [-0.4, -0.2) is 63.8 Å². The zero-order chi connectivity index (χ0) is 30.7. The molecule has 0 saturated heterocycles. The van der Waals surface area contributed by atoms with Crippen molar-refractivity contribution in [2.75, 3.05) is 11.9 Å². The Morgan fingerprint density at radius 3 is 2.07 bits per heavy atom. The number of imide groups is 1. The van der Waals surface area contributed by atoms with Gasteiger partial charge in [-0.1, -0.05) is 32.4 Å². The monoisotopic (exact) mass is 588 g/mol. The van der Waals surface area contributed by atoms with E-state index in [1.165, 1.54) is 12.2 Å². The molecule has 1 aliphatic heterocycles. The minimum absolute atomic E-state index is 0.0736. The van der Waals surface area contributed by atoms with Crippen LogP contribution in [-0.2, 0) is 40.1 Å². The Labute approximate surface area is 246 Å². The standard InChI is InChI=1S/C29H40N4O7S/c1-18(2)25(32-22(34)9-7-6-8-16-33-23(35)14-15-24(33)36)27(38)30-19(3)26(37)31-21-12-10-20(11-13-21)17-40-28(39)29(4,5)41/h10-15,18-19,25,41H,6-9,16-17H2,1-5H3,(H,30,38)(H,31,37)(H,32,34)/t19-,25-/m1/s1. The zero-order valence-electron chi connectivity index (χ0n) is 24.2. The van der Waals surface area contributed by atoms with E-state index in [-0.39, 0.29) is 36.7 Å². The van der Waals surface area contributed by atoms with Crippen LogP contribution >= 0.6 is 12.6 Å². The highest BCUT2D eigenvalue weighted by molar-refractivity contribution is 7.82. The van der Waals surface area contributed by atoms with Gasteiger partial charge in [0.15, 0.2) is 0 Å². The number of hydrogen-bond acceptors (Lipinski definition) is 8. The highest BCUT2D eigenvalue weighted by atomic mass is 32.1. The molecular formula is C29H40N4O7S. The number of nitrogens with zero attached hydrogens (tertiary/aromatic N) is 1. The fourth-order valence-electron chi connectivity index (χ4n) is 3.79. The molecule has 12 heteroatoms. The molecule has 3 N–H and O–H groups in total. The molecule has 224 valence electrons. The van der Waals surface area contributed by atoms with E-state index >= 15 is 0 Å². The van der Waals surface area contributed by atoms with Gasteiger partial charge in [-0.05, 0) is 57.2 Å². The average molecular weight is 589 g/mol. The summed E-state index contributed by atoms with van der Waals surface area (Å²) in [7, 11) is 0. The van der Waals surface area contributed by atoms with Gasteiger partial charge in [0.25, 0.3) is 11.8 Å². The maximum Gasteiger partial charge on any atom is 0.321 e. The van der Waals surface area contributed by atoms with Gasteiger partial charge in [0.2, 0.25) is 17.7 Å². The number of carbonyl (C=O) groups is 6. The van der Waals surface area contributed by atoms with Crippen LogP contribution in [0.3, 0.4) is 0 Å². The molecule has 41 heavy (non-hydrogen) atoms. The summed E-state index contributed by atoms with van der Waals surface area (Å²) in [5.41, 5.74) is 1.24. The number of anilines is 1. The maximum absolute atomic E-state index is 12.9. The second-order valence-electron chi connectivity index (χ2n) is 10.8.